The van der Waals surface area contributed by atoms with Crippen LogP contribution in [-0.2, 0) is 23.1 Å². The Labute approximate surface area is 147 Å². The van der Waals surface area contributed by atoms with Gasteiger partial charge in [0.2, 0.25) is 11.8 Å². The lowest BCUT2D eigenvalue weighted by molar-refractivity contribution is -0.133. The molecule has 0 saturated carbocycles. The van der Waals surface area contributed by atoms with Gasteiger partial charge in [0.1, 0.15) is 0 Å². The number of carbonyl (C=O) groups excluding carboxylic acids is 1. The molecule has 2 aromatic rings. The summed E-state index contributed by atoms with van der Waals surface area (Å²) in [5, 5.41) is 6.15. The topological polar surface area (TPSA) is 59.2 Å². The second kappa shape index (κ2) is 6.67. The first-order valence-electron chi connectivity index (χ1n) is 8.55. The number of aromatic nitrogens is 2. The molecule has 24 heavy (non-hydrogen) atoms. The molecule has 1 unspecified atom stereocenters. The lowest BCUT2D eigenvalue weighted by atomic mass is 9.96. The second-order valence-electron chi connectivity index (χ2n) is 7.43. The van der Waals surface area contributed by atoms with E-state index >= 15 is 0 Å². The molecule has 130 valence electrons. The maximum atomic E-state index is 12.6. The highest BCUT2D eigenvalue weighted by Gasteiger charge is 2.28. The summed E-state index contributed by atoms with van der Waals surface area (Å²) in [5.74, 6) is 1.56. The number of thiophene rings is 1. The summed E-state index contributed by atoms with van der Waals surface area (Å²) in [4.78, 5) is 20.4. The second-order valence-corrected chi connectivity index (χ2v) is 8.43. The number of aryl methyl sites for hydroxylation is 1. The Hall–Kier alpha value is -1.69. The van der Waals surface area contributed by atoms with Crippen molar-refractivity contribution in [2.45, 2.75) is 64.8 Å². The highest BCUT2D eigenvalue weighted by Crippen LogP contribution is 2.33. The summed E-state index contributed by atoms with van der Waals surface area (Å²) in [6.45, 7) is 9.11. The van der Waals surface area contributed by atoms with Gasteiger partial charge in [0.25, 0.3) is 0 Å². The predicted octanol–water partition coefficient (Wildman–Crippen LogP) is 3.90. The van der Waals surface area contributed by atoms with Crippen LogP contribution in [0.5, 0.6) is 0 Å². The Morgan fingerprint density at radius 3 is 2.96 bits per heavy atom. The quantitative estimate of drug-likeness (QED) is 0.842. The zero-order chi connectivity index (χ0) is 17.3. The van der Waals surface area contributed by atoms with Gasteiger partial charge in [-0.05, 0) is 36.8 Å². The number of rotatable bonds is 4. The van der Waals surface area contributed by atoms with Crippen LogP contribution in [0.3, 0.4) is 0 Å². The molecule has 3 rings (SSSR count). The molecule has 3 heterocycles. The molecule has 1 aliphatic rings. The van der Waals surface area contributed by atoms with Crippen molar-refractivity contribution < 1.29 is 9.32 Å². The van der Waals surface area contributed by atoms with Crippen LogP contribution in [0.2, 0.25) is 0 Å². The van der Waals surface area contributed by atoms with E-state index in [4.69, 9.17) is 4.52 Å². The molecule has 0 aliphatic carbocycles. The standard InChI is InChI=1S/C18H25N3O2S/c1-12-13-9-11-24-14(13)8-10-21(12)16(22)7-5-6-15-19-17(20-23-15)18(2,3)4/h9,11-12H,5-8,10H2,1-4H3. The first-order valence-corrected chi connectivity index (χ1v) is 9.43. The van der Waals surface area contributed by atoms with Gasteiger partial charge in [-0.3, -0.25) is 4.79 Å². The summed E-state index contributed by atoms with van der Waals surface area (Å²) in [7, 11) is 0. The fourth-order valence-corrected chi connectivity index (χ4v) is 4.01. The highest BCUT2D eigenvalue weighted by molar-refractivity contribution is 7.10. The van der Waals surface area contributed by atoms with Crippen molar-refractivity contribution in [1.29, 1.82) is 0 Å². The van der Waals surface area contributed by atoms with Crippen LogP contribution in [0.15, 0.2) is 16.0 Å². The number of amides is 1. The monoisotopic (exact) mass is 347 g/mol. The van der Waals surface area contributed by atoms with Crippen molar-refractivity contribution in [2.24, 2.45) is 0 Å². The van der Waals surface area contributed by atoms with Gasteiger partial charge in [-0.25, -0.2) is 0 Å². The molecule has 0 radical (unpaired) electrons. The Morgan fingerprint density at radius 1 is 1.46 bits per heavy atom. The Bertz CT molecular complexity index is 714. The van der Waals surface area contributed by atoms with E-state index in [-0.39, 0.29) is 17.4 Å². The van der Waals surface area contributed by atoms with Crippen molar-refractivity contribution in [3.05, 3.63) is 33.6 Å². The van der Waals surface area contributed by atoms with E-state index in [2.05, 4.69) is 49.3 Å². The van der Waals surface area contributed by atoms with Crippen LogP contribution in [0.1, 0.15) is 68.7 Å². The average molecular weight is 347 g/mol. The van der Waals surface area contributed by atoms with E-state index in [9.17, 15) is 4.79 Å². The normalized spacial score (nSPS) is 17.8. The van der Waals surface area contributed by atoms with Crippen molar-refractivity contribution in [1.82, 2.24) is 15.0 Å². The largest absolute Gasteiger partial charge is 0.339 e. The highest BCUT2D eigenvalue weighted by atomic mass is 32.1. The SMILES string of the molecule is CC1c2ccsc2CCN1C(=O)CCCc1nc(C(C)(C)C)no1. The van der Waals surface area contributed by atoms with Crippen LogP contribution in [0, 0.1) is 0 Å². The first-order chi connectivity index (χ1) is 11.4. The van der Waals surface area contributed by atoms with Crippen LogP contribution < -0.4 is 0 Å². The van der Waals surface area contributed by atoms with Gasteiger partial charge in [0, 0.05) is 29.7 Å². The zero-order valence-corrected chi connectivity index (χ0v) is 15.7. The van der Waals surface area contributed by atoms with Crippen LogP contribution in [-0.4, -0.2) is 27.5 Å². The number of carbonyl (C=O) groups is 1. The smallest absolute Gasteiger partial charge is 0.226 e. The molecule has 0 saturated heterocycles. The molecule has 6 heteroatoms. The average Bonchev–Trinajstić information content (AvgIpc) is 3.15. The summed E-state index contributed by atoms with van der Waals surface area (Å²) in [6, 6.07) is 2.33. The third-order valence-corrected chi connectivity index (χ3v) is 5.51. The predicted molar refractivity (Wildman–Crippen MR) is 94.1 cm³/mol. The van der Waals surface area contributed by atoms with Crippen molar-refractivity contribution >= 4 is 17.2 Å². The van der Waals surface area contributed by atoms with Gasteiger partial charge in [0.05, 0.1) is 6.04 Å². The fourth-order valence-electron chi connectivity index (χ4n) is 3.05. The lowest BCUT2D eigenvalue weighted by Crippen LogP contribution is -2.38. The number of nitrogens with zero attached hydrogens (tertiary/aromatic N) is 3. The summed E-state index contributed by atoms with van der Waals surface area (Å²) in [6.07, 6.45) is 2.89. The van der Waals surface area contributed by atoms with Gasteiger partial charge >= 0.3 is 0 Å². The van der Waals surface area contributed by atoms with Gasteiger partial charge in [-0.2, -0.15) is 4.98 Å². The van der Waals surface area contributed by atoms with Gasteiger partial charge in [-0.1, -0.05) is 25.9 Å². The molecule has 1 atom stereocenters. The number of hydrogen-bond acceptors (Lipinski definition) is 5. The molecule has 0 fully saturated rings. The number of fused-ring (bicyclic) bond motifs is 1. The van der Waals surface area contributed by atoms with Crippen molar-refractivity contribution in [3.8, 4) is 0 Å². The molecule has 0 N–H and O–H groups in total. The number of hydrogen-bond donors (Lipinski definition) is 0. The fraction of sp³-hybridized carbons (Fsp3) is 0.611. The van der Waals surface area contributed by atoms with E-state index in [0.717, 1.165) is 25.2 Å². The van der Waals surface area contributed by atoms with E-state index in [1.165, 1.54) is 10.4 Å². The maximum Gasteiger partial charge on any atom is 0.226 e. The molecule has 1 amide bonds. The van der Waals surface area contributed by atoms with Crippen LogP contribution >= 0.6 is 11.3 Å². The van der Waals surface area contributed by atoms with Crippen molar-refractivity contribution in [3.63, 3.8) is 0 Å². The summed E-state index contributed by atoms with van der Waals surface area (Å²) < 4.78 is 5.29. The Morgan fingerprint density at radius 2 is 2.25 bits per heavy atom. The maximum absolute atomic E-state index is 12.6. The molecule has 0 bridgehead atoms. The minimum atomic E-state index is -0.112. The van der Waals surface area contributed by atoms with Gasteiger partial charge in [-0.15, -0.1) is 11.3 Å². The van der Waals surface area contributed by atoms with E-state index in [1.54, 1.807) is 11.3 Å². The van der Waals surface area contributed by atoms with Gasteiger partial charge in [0.15, 0.2) is 5.82 Å². The first kappa shape index (κ1) is 17.1. The third kappa shape index (κ3) is 3.53. The van der Waals surface area contributed by atoms with E-state index in [1.807, 2.05) is 4.90 Å². The molecule has 2 aromatic heterocycles. The summed E-state index contributed by atoms with van der Waals surface area (Å²) in [5.41, 5.74) is 1.20. The van der Waals surface area contributed by atoms with Crippen LogP contribution in [0.4, 0.5) is 0 Å². The van der Waals surface area contributed by atoms with Crippen molar-refractivity contribution in [2.75, 3.05) is 6.54 Å². The third-order valence-electron chi connectivity index (χ3n) is 4.52. The molecular formula is C18H25N3O2S. The molecule has 1 aliphatic heterocycles. The molecule has 0 spiro atoms. The van der Waals surface area contributed by atoms with Gasteiger partial charge < -0.3 is 9.42 Å². The zero-order valence-electron chi connectivity index (χ0n) is 14.8. The van der Waals surface area contributed by atoms with E-state index < -0.39 is 0 Å². The minimum absolute atomic E-state index is 0.112. The molecule has 0 aromatic carbocycles. The Balaban J connectivity index is 1.52. The molecular weight excluding hydrogens is 322 g/mol. The van der Waals surface area contributed by atoms with Crippen LogP contribution in [0.25, 0.3) is 0 Å². The Kier molecular flexibility index (Phi) is 4.76. The minimum Gasteiger partial charge on any atom is -0.339 e. The lowest BCUT2D eigenvalue weighted by Gasteiger charge is -2.33. The summed E-state index contributed by atoms with van der Waals surface area (Å²) >= 11 is 1.80. The van der Waals surface area contributed by atoms with E-state index in [0.29, 0.717) is 18.7 Å². The molecule has 5 nitrogen and oxygen atoms in total.